The predicted molar refractivity (Wildman–Crippen MR) is 84.1 cm³/mol. The van der Waals surface area contributed by atoms with Crippen LogP contribution in [0.5, 0.6) is 0 Å². The van der Waals surface area contributed by atoms with Crippen molar-refractivity contribution in [3.8, 4) is 0 Å². The molecule has 0 bridgehead atoms. The van der Waals surface area contributed by atoms with Crippen LogP contribution >= 0.6 is 26.9 Å². The number of benzene rings is 2. The van der Waals surface area contributed by atoms with Gasteiger partial charge in [0.25, 0.3) is 0 Å². The second-order valence-electron chi connectivity index (χ2n) is 3.53. The van der Waals surface area contributed by atoms with Crippen LogP contribution < -0.4 is 11.5 Å². The summed E-state index contributed by atoms with van der Waals surface area (Å²) in [5, 5.41) is 0. The van der Waals surface area contributed by atoms with E-state index in [2.05, 4.69) is 73.4 Å². The molecular weight excluding hydrogens is 607 g/mol. The quantitative estimate of drug-likeness (QED) is 0.396. The summed E-state index contributed by atoms with van der Waals surface area (Å²) in [6, 6.07) is 13.9. The Morgan fingerprint density at radius 1 is 0.773 bits per heavy atom. The summed E-state index contributed by atoms with van der Waals surface area (Å²) in [5.41, 5.74) is 12.0. The molecule has 0 heterocycles. The molecule has 4 N–H and O–H groups in total. The van der Waals surface area contributed by atoms with Crippen molar-refractivity contribution in [2.24, 2.45) is 11.5 Å². The minimum absolute atomic E-state index is 0.280. The Kier molecular flexibility index (Phi) is 20.1. The molecule has 2 nitrogen and oxygen atoms in total. The van der Waals surface area contributed by atoms with Gasteiger partial charge in [-0.15, -0.1) is 35.4 Å². The van der Waals surface area contributed by atoms with E-state index in [0.717, 1.165) is 11.1 Å². The molecule has 0 amide bonds. The van der Waals surface area contributed by atoms with Gasteiger partial charge in [-0.2, -0.15) is 24.3 Å². The van der Waals surface area contributed by atoms with Gasteiger partial charge in [0.1, 0.15) is 0 Å². The van der Waals surface area contributed by atoms with E-state index in [4.69, 9.17) is 11.5 Å². The molecule has 0 saturated heterocycles. The zero-order chi connectivity index (χ0) is 17.4. The monoisotopic (exact) mass is 618 g/mol. The molecule has 2 rings (SSSR count). The van der Waals surface area contributed by atoms with Crippen molar-refractivity contribution in [3.05, 3.63) is 71.3 Å². The van der Waals surface area contributed by atoms with Crippen LogP contribution in [0.2, 0.25) is 0 Å². The maximum atomic E-state index is 12.3. The number of hydrogen-bond donors (Lipinski definition) is 2. The SMILES string of the molecule is NCc1c[c-]cc(F)c1.NCc1c[c-]cc(F)c1.[Br][Pd+].[Br][Pd+]. The van der Waals surface area contributed by atoms with Gasteiger partial charge < -0.3 is 11.5 Å². The Balaban J connectivity index is 0. The Bertz CT molecular complexity index is 460. The van der Waals surface area contributed by atoms with E-state index in [1.54, 1.807) is 12.1 Å². The maximum absolute atomic E-state index is 12.3. The topological polar surface area (TPSA) is 52.0 Å². The average molecular weight is 621 g/mol. The van der Waals surface area contributed by atoms with Crippen molar-refractivity contribution < 1.29 is 43.1 Å². The van der Waals surface area contributed by atoms with Gasteiger partial charge in [-0.3, -0.25) is 8.78 Å². The standard InChI is InChI=1S/2C7H7FN.2BrH.2Pd/c2*8-7-3-1-2-6(4-7)5-9;;;;/h2*2-4H,5,9H2;2*1H;;/q2*-1;;;2*+2/p-2. The minimum atomic E-state index is -0.280. The average Bonchev–Trinajstić information content (AvgIpc) is 2.59. The molecule has 8 heteroatoms. The van der Waals surface area contributed by atoms with Gasteiger partial charge in [0.15, 0.2) is 0 Å². The van der Waals surface area contributed by atoms with Gasteiger partial charge in [-0.25, -0.2) is 0 Å². The third-order valence-electron chi connectivity index (χ3n) is 2.10. The van der Waals surface area contributed by atoms with Crippen LogP contribution in [0, 0.1) is 23.8 Å². The number of hydrogen-bond acceptors (Lipinski definition) is 2. The van der Waals surface area contributed by atoms with E-state index in [9.17, 15) is 8.78 Å². The Labute approximate surface area is 164 Å². The first-order valence-corrected chi connectivity index (χ1v) is 12.7. The molecule has 0 unspecified atom stereocenters. The van der Waals surface area contributed by atoms with Crippen LogP contribution in [-0.2, 0) is 47.5 Å². The van der Waals surface area contributed by atoms with Gasteiger partial charge in [-0.05, 0) is 13.1 Å². The molecule has 0 aliphatic rings. The normalized spacial score (nSPS) is 8.45. The summed E-state index contributed by atoms with van der Waals surface area (Å²) in [5.74, 6) is -0.559. The van der Waals surface area contributed by atoms with E-state index in [1.807, 2.05) is 0 Å². The van der Waals surface area contributed by atoms with E-state index in [-0.39, 0.29) is 11.6 Å². The number of rotatable bonds is 2. The summed E-state index contributed by atoms with van der Waals surface area (Å²) in [6.07, 6.45) is 0. The van der Waals surface area contributed by atoms with Crippen LogP contribution in [0.4, 0.5) is 8.78 Å². The first-order chi connectivity index (χ1) is 10.7. The molecule has 0 radical (unpaired) electrons. The molecule has 0 spiro atoms. The Morgan fingerprint density at radius 2 is 1.09 bits per heavy atom. The molecule has 0 saturated carbocycles. The molecule has 0 atom stereocenters. The van der Waals surface area contributed by atoms with E-state index >= 15 is 0 Å². The van der Waals surface area contributed by atoms with Crippen LogP contribution in [0.3, 0.4) is 0 Å². The van der Waals surface area contributed by atoms with Crippen LogP contribution in [0.1, 0.15) is 11.1 Å². The van der Waals surface area contributed by atoms with Gasteiger partial charge in [0, 0.05) is 11.6 Å². The van der Waals surface area contributed by atoms with Crippen molar-refractivity contribution in [2.75, 3.05) is 0 Å². The molecule has 22 heavy (non-hydrogen) atoms. The molecular formula is C14H14Br2F2N2Pd2. The second kappa shape index (κ2) is 17.9. The number of nitrogens with two attached hydrogens (primary N) is 2. The number of halogens is 4. The molecule has 128 valence electrons. The van der Waals surface area contributed by atoms with Crippen molar-refractivity contribution in [3.63, 3.8) is 0 Å². The third kappa shape index (κ3) is 13.0. The van der Waals surface area contributed by atoms with Gasteiger partial charge >= 0.3 is 61.2 Å². The van der Waals surface area contributed by atoms with Crippen LogP contribution in [0.15, 0.2) is 36.4 Å². The summed E-state index contributed by atoms with van der Waals surface area (Å²) in [7, 11) is 0. The predicted octanol–water partition coefficient (Wildman–Crippen LogP) is 3.86. The summed E-state index contributed by atoms with van der Waals surface area (Å²) in [6.45, 7) is 0.739. The zero-order valence-electron chi connectivity index (χ0n) is 11.2. The van der Waals surface area contributed by atoms with Gasteiger partial charge in [0.2, 0.25) is 0 Å². The summed E-state index contributed by atoms with van der Waals surface area (Å²) >= 11 is 10.7. The van der Waals surface area contributed by atoms with E-state index < -0.39 is 0 Å². The molecule has 0 fully saturated rings. The molecule has 2 aromatic rings. The van der Waals surface area contributed by atoms with Crippen molar-refractivity contribution in [2.45, 2.75) is 13.1 Å². The second-order valence-corrected chi connectivity index (χ2v) is 3.53. The fourth-order valence-electron chi connectivity index (χ4n) is 1.21. The molecule has 2 aromatic carbocycles. The molecule has 0 aliphatic heterocycles. The van der Waals surface area contributed by atoms with E-state index in [0.29, 0.717) is 13.1 Å². The Morgan fingerprint density at radius 3 is 1.27 bits per heavy atom. The van der Waals surface area contributed by atoms with Gasteiger partial charge in [0.05, 0.1) is 0 Å². The zero-order valence-corrected chi connectivity index (χ0v) is 17.5. The fraction of sp³-hybridized carbons (Fsp3) is 0.143. The summed E-state index contributed by atoms with van der Waals surface area (Å²) in [4.78, 5) is 0. The first kappa shape index (κ1) is 24.8. The molecule has 0 aliphatic carbocycles. The van der Waals surface area contributed by atoms with Crippen LogP contribution in [0.25, 0.3) is 0 Å². The molecule has 0 aromatic heterocycles. The third-order valence-corrected chi connectivity index (χ3v) is 2.10. The van der Waals surface area contributed by atoms with Crippen molar-refractivity contribution in [1.82, 2.24) is 0 Å². The van der Waals surface area contributed by atoms with Gasteiger partial charge in [-0.1, -0.05) is 0 Å². The van der Waals surface area contributed by atoms with Crippen molar-refractivity contribution >= 4 is 26.9 Å². The first-order valence-electron chi connectivity index (χ1n) is 5.60. The van der Waals surface area contributed by atoms with E-state index in [1.165, 1.54) is 24.3 Å². The fourth-order valence-corrected chi connectivity index (χ4v) is 1.21. The van der Waals surface area contributed by atoms with Crippen molar-refractivity contribution in [1.29, 1.82) is 0 Å². The Hall–Kier alpha value is 0.505. The van der Waals surface area contributed by atoms with Crippen LogP contribution in [-0.4, -0.2) is 0 Å². The summed E-state index contributed by atoms with van der Waals surface area (Å²) < 4.78 is 24.5.